The number of thiocarbonyl (C=S) groups is 1. The number of nitrogens with two attached hydrogens (primary N) is 1. The highest BCUT2D eigenvalue weighted by molar-refractivity contribution is 9.10. The molecule has 1 aliphatic carbocycles. The Morgan fingerprint density at radius 1 is 1.50 bits per heavy atom. The van der Waals surface area contributed by atoms with Gasteiger partial charge in [-0.3, -0.25) is 4.72 Å². The summed E-state index contributed by atoms with van der Waals surface area (Å²) in [6, 6.07) is 5.13. The van der Waals surface area contributed by atoms with Crippen LogP contribution in [-0.4, -0.2) is 19.2 Å². The van der Waals surface area contributed by atoms with Gasteiger partial charge in [-0.15, -0.1) is 0 Å². The number of anilines is 1. The molecule has 0 amide bonds. The predicted octanol–water partition coefficient (Wildman–Crippen LogP) is 2.24. The van der Waals surface area contributed by atoms with Crippen molar-refractivity contribution in [3.05, 3.63) is 28.2 Å². The molecule has 0 heterocycles. The minimum Gasteiger partial charge on any atom is -0.389 e. The second-order valence-electron chi connectivity index (χ2n) is 4.38. The Hall–Kier alpha value is -0.660. The van der Waals surface area contributed by atoms with E-state index in [9.17, 15) is 8.42 Å². The first kappa shape index (κ1) is 13.8. The molecule has 0 bridgehead atoms. The average Bonchev–Trinajstić information content (AvgIpc) is 2.99. The largest absolute Gasteiger partial charge is 0.389 e. The molecule has 1 aliphatic rings. The smallest absolute Gasteiger partial charge is 0.233 e. The van der Waals surface area contributed by atoms with Gasteiger partial charge in [-0.2, -0.15) is 0 Å². The first-order valence-electron chi connectivity index (χ1n) is 5.47. The summed E-state index contributed by atoms with van der Waals surface area (Å²) >= 11 is 8.21. The van der Waals surface area contributed by atoms with Crippen molar-refractivity contribution in [1.82, 2.24) is 0 Å². The van der Waals surface area contributed by atoms with Gasteiger partial charge < -0.3 is 5.73 Å². The number of hydrogen-bond donors (Lipinski definition) is 2. The van der Waals surface area contributed by atoms with Gasteiger partial charge in [0.2, 0.25) is 10.0 Å². The van der Waals surface area contributed by atoms with E-state index < -0.39 is 10.0 Å². The SMILES string of the molecule is NC(=S)c1ccc(Br)cc1NS(=O)(=O)CC1CC1. The van der Waals surface area contributed by atoms with E-state index in [4.69, 9.17) is 18.0 Å². The van der Waals surface area contributed by atoms with Crippen molar-refractivity contribution in [2.75, 3.05) is 10.5 Å². The minimum absolute atomic E-state index is 0.163. The van der Waals surface area contributed by atoms with Crippen LogP contribution in [0.2, 0.25) is 0 Å². The Bertz CT molecular complexity index is 583. The molecule has 1 aromatic carbocycles. The fraction of sp³-hybridized carbons (Fsp3) is 0.364. The Morgan fingerprint density at radius 2 is 2.17 bits per heavy atom. The molecule has 0 aliphatic heterocycles. The maximum Gasteiger partial charge on any atom is 0.233 e. The molecule has 2 rings (SSSR count). The van der Waals surface area contributed by atoms with Gasteiger partial charge in [-0.05, 0) is 37.0 Å². The van der Waals surface area contributed by atoms with Gasteiger partial charge in [0.05, 0.1) is 11.4 Å². The second kappa shape index (κ2) is 5.14. The lowest BCUT2D eigenvalue weighted by molar-refractivity contribution is 0.597. The molecule has 4 nitrogen and oxygen atoms in total. The molecular weight excluding hydrogens is 336 g/mol. The van der Waals surface area contributed by atoms with E-state index in [0.717, 1.165) is 17.3 Å². The molecule has 1 saturated carbocycles. The summed E-state index contributed by atoms with van der Waals surface area (Å²) in [6.45, 7) is 0. The number of halogens is 1. The van der Waals surface area contributed by atoms with Crippen LogP contribution in [0.25, 0.3) is 0 Å². The van der Waals surface area contributed by atoms with Crippen molar-refractivity contribution >= 4 is 48.8 Å². The zero-order chi connectivity index (χ0) is 13.3. The van der Waals surface area contributed by atoms with Crippen LogP contribution in [0.5, 0.6) is 0 Å². The fourth-order valence-electron chi connectivity index (χ4n) is 1.62. The third kappa shape index (κ3) is 3.66. The zero-order valence-electron chi connectivity index (χ0n) is 9.52. The Morgan fingerprint density at radius 3 is 2.72 bits per heavy atom. The van der Waals surface area contributed by atoms with Crippen molar-refractivity contribution in [1.29, 1.82) is 0 Å². The second-order valence-corrected chi connectivity index (χ2v) is 7.50. The molecule has 0 aromatic heterocycles. The summed E-state index contributed by atoms with van der Waals surface area (Å²) in [6.07, 6.45) is 1.98. The summed E-state index contributed by atoms with van der Waals surface area (Å²) < 4.78 is 27.2. The van der Waals surface area contributed by atoms with Crippen LogP contribution in [0, 0.1) is 5.92 Å². The van der Waals surface area contributed by atoms with Crippen molar-refractivity contribution in [3.63, 3.8) is 0 Å². The zero-order valence-corrected chi connectivity index (χ0v) is 12.7. The van der Waals surface area contributed by atoms with Gasteiger partial charge in [-0.25, -0.2) is 8.42 Å². The van der Waals surface area contributed by atoms with Crippen LogP contribution < -0.4 is 10.5 Å². The number of rotatable bonds is 5. The normalized spacial score (nSPS) is 15.4. The summed E-state index contributed by atoms with van der Waals surface area (Å²) in [4.78, 5) is 0.173. The van der Waals surface area contributed by atoms with Crippen LogP contribution >= 0.6 is 28.1 Å². The van der Waals surface area contributed by atoms with Crippen LogP contribution in [-0.2, 0) is 10.0 Å². The van der Waals surface area contributed by atoms with E-state index >= 15 is 0 Å². The molecule has 0 atom stereocenters. The van der Waals surface area contributed by atoms with E-state index in [-0.39, 0.29) is 10.7 Å². The molecular formula is C11H13BrN2O2S2. The van der Waals surface area contributed by atoms with Crippen LogP contribution in [0.3, 0.4) is 0 Å². The molecule has 7 heteroatoms. The van der Waals surface area contributed by atoms with Gasteiger partial charge in [0.25, 0.3) is 0 Å². The topological polar surface area (TPSA) is 72.2 Å². The number of nitrogens with one attached hydrogen (secondary N) is 1. The molecule has 98 valence electrons. The number of hydrogen-bond acceptors (Lipinski definition) is 3. The Labute approximate surface area is 120 Å². The van der Waals surface area contributed by atoms with Crippen molar-refractivity contribution in [3.8, 4) is 0 Å². The predicted molar refractivity (Wildman–Crippen MR) is 80.2 cm³/mol. The third-order valence-electron chi connectivity index (χ3n) is 2.66. The van der Waals surface area contributed by atoms with E-state index in [1.165, 1.54) is 0 Å². The third-order valence-corrected chi connectivity index (χ3v) is 4.82. The van der Waals surface area contributed by atoms with Crippen LogP contribution in [0.1, 0.15) is 18.4 Å². The average molecular weight is 349 g/mol. The quantitative estimate of drug-likeness (QED) is 0.800. The lowest BCUT2D eigenvalue weighted by Crippen LogP contribution is -2.21. The molecule has 1 aromatic rings. The number of sulfonamides is 1. The maximum absolute atomic E-state index is 11.9. The highest BCUT2D eigenvalue weighted by Gasteiger charge is 2.28. The van der Waals surface area contributed by atoms with E-state index in [1.807, 2.05) is 0 Å². The highest BCUT2D eigenvalue weighted by Crippen LogP contribution is 2.31. The molecule has 0 saturated heterocycles. The first-order chi connectivity index (χ1) is 8.37. The molecule has 18 heavy (non-hydrogen) atoms. The Balaban J connectivity index is 2.26. The van der Waals surface area contributed by atoms with Crippen molar-refractivity contribution in [2.24, 2.45) is 11.7 Å². The summed E-state index contributed by atoms with van der Waals surface area (Å²) in [5.74, 6) is 0.457. The van der Waals surface area contributed by atoms with Crippen LogP contribution in [0.15, 0.2) is 22.7 Å². The van der Waals surface area contributed by atoms with Gasteiger partial charge >= 0.3 is 0 Å². The van der Waals surface area contributed by atoms with Crippen molar-refractivity contribution < 1.29 is 8.42 Å². The van der Waals surface area contributed by atoms with Gasteiger partial charge in [-0.1, -0.05) is 28.1 Å². The van der Waals surface area contributed by atoms with Gasteiger partial charge in [0, 0.05) is 10.0 Å². The lowest BCUT2D eigenvalue weighted by Gasteiger charge is -2.12. The standard InChI is InChI=1S/C11H13BrN2O2S2/c12-8-3-4-9(11(13)17)10(5-8)14-18(15,16)6-7-1-2-7/h3-5,7,14H,1-2,6H2,(H2,13,17). The molecule has 0 radical (unpaired) electrons. The maximum atomic E-state index is 11.9. The highest BCUT2D eigenvalue weighted by atomic mass is 79.9. The molecule has 0 spiro atoms. The lowest BCUT2D eigenvalue weighted by atomic mass is 10.2. The van der Waals surface area contributed by atoms with E-state index in [0.29, 0.717) is 17.2 Å². The van der Waals surface area contributed by atoms with Gasteiger partial charge in [0.15, 0.2) is 0 Å². The van der Waals surface area contributed by atoms with E-state index in [2.05, 4.69) is 20.7 Å². The summed E-state index contributed by atoms with van der Waals surface area (Å²) in [5.41, 5.74) is 6.54. The van der Waals surface area contributed by atoms with Crippen LogP contribution in [0.4, 0.5) is 5.69 Å². The number of benzene rings is 1. The Kier molecular flexibility index (Phi) is 3.93. The molecule has 1 fully saturated rings. The summed E-state index contributed by atoms with van der Waals surface area (Å²) in [5, 5.41) is 0. The summed E-state index contributed by atoms with van der Waals surface area (Å²) in [7, 11) is -3.33. The molecule has 3 N–H and O–H groups in total. The van der Waals surface area contributed by atoms with E-state index in [1.54, 1.807) is 18.2 Å². The van der Waals surface area contributed by atoms with Crippen molar-refractivity contribution in [2.45, 2.75) is 12.8 Å². The first-order valence-corrected chi connectivity index (χ1v) is 8.32. The monoisotopic (exact) mass is 348 g/mol. The molecule has 0 unspecified atom stereocenters. The minimum atomic E-state index is -3.33. The fourth-order valence-corrected chi connectivity index (χ4v) is 3.70. The van der Waals surface area contributed by atoms with Gasteiger partial charge in [0.1, 0.15) is 4.99 Å².